The van der Waals surface area contributed by atoms with Crippen molar-refractivity contribution in [3.05, 3.63) is 94.6 Å². The summed E-state index contributed by atoms with van der Waals surface area (Å²) in [7, 11) is 0. The number of para-hydroxylation sites is 2. The van der Waals surface area contributed by atoms with E-state index in [1.807, 2.05) is 60.8 Å². The van der Waals surface area contributed by atoms with Crippen molar-refractivity contribution >= 4 is 45.4 Å². The minimum Gasteiger partial charge on any atom is -0.485 e. The molecule has 8 heteroatoms. The molecule has 1 unspecified atom stereocenters. The number of hydrogen-bond acceptors (Lipinski definition) is 5. The van der Waals surface area contributed by atoms with Gasteiger partial charge in [-0.25, -0.2) is 0 Å². The number of nitrogens with zero attached hydrogens (tertiary/aromatic N) is 2. The number of aromatic nitrogens is 3. The normalized spacial score (nSPS) is 11.9. The SMILES string of the molecule is CC(Oc1ccccc1C(=O)Nc1cnc2ccccc2c1)c1c(-c2cccs2)n[nH]c1Cl. The molecule has 2 aromatic carbocycles. The van der Waals surface area contributed by atoms with Crippen molar-refractivity contribution in [1.29, 1.82) is 0 Å². The van der Waals surface area contributed by atoms with Gasteiger partial charge in [-0.15, -0.1) is 11.3 Å². The smallest absolute Gasteiger partial charge is 0.259 e. The van der Waals surface area contributed by atoms with Gasteiger partial charge >= 0.3 is 0 Å². The summed E-state index contributed by atoms with van der Waals surface area (Å²) < 4.78 is 6.22. The number of nitrogens with one attached hydrogen (secondary N) is 2. The summed E-state index contributed by atoms with van der Waals surface area (Å²) in [5, 5.41) is 13.4. The van der Waals surface area contributed by atoms with Crippen LogP contribution in [0.2, 0.25) is 5.15 Å². The van der Waals surface area contributed by atoms with Crippen LogP contribution in [0, 0.1) is 0 Å². The molecule has 0 fully saturated rings. The van der Waals surface area contributed by atoms with Crippen LogP contribution < -0.4 is 10.1 Å². The summed E-state index contributed by atoms with van der Waals surface area (Å²) in [6.45, 7) is 1.88. The molecule has 0 bridgehead atoms. The molecule has 0 saturated heterocycles. The summed E-state index contributed by atoms with van der Waals surface area (Å²) in [6.07, 6.45) is 1.20. The number of pyridine rings is 1. The molecular formula is C25H19ClN4O2S. The van der Waals surface area contributed by atoms with Gasteiger partial charge in [0.1, 0.15) is 22.7 Å². The highest BCUT2D eigenvalue weighted by molar-refractivity contribution is 7.13. The minimum absolute atomic E-state index is 0.286. The number of H-pyrrole nitrogens is 1. The predicted molar refractivity (Wildman–Crippen MR) is 132 cm³/mol. The van der Waals surface area contributed by atoms with Crippen LogP contribution in [0.15, 0.2) is 78.3 Å². The van der Waals surface area contributed by atoms with Gasteiger partial charge in [-0.2, -0.15) is 5.10 Å². The van der Waals surface area contributed by atoms with Crippen LogP contribution in [0.3, 0.4) is 0 Å². The number of hydrogen-bond donors (Lipinski definition) is 2. The second-order valence-electron chi connectivity index (χ2n) is 7.40. The van der Waals surface area contributed by atoms with Crippen LogP contribution in [0.4, 0.5) is 5.69 Å². The van der Waals surface area contributed by atoms with Crippen molar-refractivity contribution in [3.63, 3.8) is 0 Å². The van der Waals surface area contributed by atoms with Gasteiger partial charge in [0, 0.05) is 5.39 Å². The number of anilines is 1. The molecule has 5 rings (SSSR count). The summed E-state index contributed by atoms with van der Waals surface area (Å²) in [5.41, 5.74) is 3.38. The Labute approximate surface area is 199 Å². The zero-order chi connectivity index (χ0) is 22.8. The van der Waals surface area contributed by atoms with Crippen LogP contribution in [-0.2, 0) is 0 Å². The Kier molecular flexibility index (Phi) is 5.81. The largest absolute Gasteiger partial charge is 0.485 e. The Bertz CT molecular complexity index is 1430. The van der Waals surface area contributed by atoms with Gasteiger partial charge in [-0.1, -0.05) is 48.0 Å². The lowest BCUT2D eigenvalue weighted by molar-refractivity contribution is 0.102. The number of amides is 1. The number of benzene rings is 2. The van der Waals surface area contributed by atoms with E-state index >= 15 is 0 Å². The maximum Gasteiger partial charge on any atom is 0.259 e. The Morgan fingerprint density at radius 1 is 1.12 bits per heavy atom. The second kappa shape index (κ2) is 9.05. The highest BCUT2D eigenvalue weighted by atomic mass is 35.5. The zero-order valence-corrected chi connectivity index (χ0v) is 19.2. The van der Waals surface area contributed by atoms with Crippen LogP contribution >= 0.6 is 22.9 Å². The number of carbonyl (C=O) groups excluding carboxylic acids is 1. The number of fused-ring (bicyclic) bond motifs is 1. The van der Waals surface area contributed by atoms with E-state index in [2.05, 4.69) is 20.5 Å². The van der Waals surface area contributed by atoms with Crippen molar-refractivity contribution in [2.75, 3.05) is 5.32 Å². The van der Waals surface area contributed by atoms with E-state index in [1.54, 1.807) is 35.7 Å². The molecule has 0 aliphatic carbocycles. The number of rotatable bonds is 6. The molecule has 3 aromatic heterocycles. The third-order valence-corrected chi connectivity index (χ3v) is 6.37. The topological polar surface area (TPSA) is 79.9 Å². The summed E-state index contributed by atoms with van der Waals surface area (Å²) in [5.74, 6) is 0.164. The molecule has 0 saturated carbocycles. The molecule has 5 aromatic rings. The average Bonchev–Trinajstić information content (AvgIpc) is 3.49. The fourth-order valence-corrected chi connectivity index (χ4v) is 4.66. The van der Waals surface area contributed by atoms with Gasteiger partial charge in [0.15, 0.2) is 0 Å². The van der Waals surface area contributed by atoms with Gasteiger partial charge < -0.3 is 10.1 Å². The number of carbonyl (C=O) groups is 1. The molecule has 0 aliphatic heterocycles. The van der Waals surface area contributed by atoms with Crippen LogP contribution in [0.25, 0.3) is 21.5 Å². The zero-order valence-electron chi connectivity index (χ0n) is 17.6. The summed E-state index contributed by atoms with van der Waals surface area (Å²) >= 11 is 7.97. The molecule has 6 nitrogen and oxygen atoms in total. The Balaban J connectivity index is 1.40. The molecule has 1 amide bonds. The lowest BCUT2D eigenvalue weighted by Crippen LogP contribution is -2.15. The van der Waals surface area contributed by atoms with E-state index < -0.39 is 6.10 Å². The maximum absolute atomic E-state index is 13.1. The molecule has 164 valence electrons. The molecule has 0 radical (unpaired) electrons. The van der Waals surface area contributed by atoms with E-state index in [0.29, 0.717) is 22.2 Å². The lowest BCUT2D eigenvalue weighted by atomic mass is 10.1. The third kappa shape index (κ3) is 4.33. The van der Waals surface area contributed by atoms with Crippen LogP contribution in [0.5, 0.6) is 5.75 Å². The van der Waals surface area contributed by atoms with Gasteiger partial charge in [-0.3, -0.25) is 14.9 Å². The first-order valence-electron chi connectivity index (χ1n) is 10.3. The highest BCUT2D eigenvalue weighted by Gasteiger charge is 2.23. The summed E-state index contributed by atoms with van der Waals surface area (Å²) in [6, 6.07) is 20.7. The van der Waals surface area contributed by atoms with Crippen LogP contribution in [0.1, 0.15) is 28.9 Å². The van der Waals surface area contributed by atoms with Gasteiger partial charge in [0.2, 0.25) is 0 Å². The Hall–Kier alpha value is -3.68. The van der Waals surface area contributed by atoms with Gasteiger partial charge in [0.25, 0.3) is 5.91 Å². The van der Waals surface area contributed by atoms with Crippen molar-refractivity contribution in [2.24, 2.45) is 0 Å². The molecule has 3 heterocycles. The van der Waals surface area contributed by atoms with Crippen molar-refractivity contribution in [3.8, 4) is 16.3 Å². The predicted octanol–water partition coefficient (Wildman–Crippen LogP) is 6.73. The van der Waals surface area contributed by atoms with E-state index in [0.717, 1.165) is 27.0 Å². The van der Waals surface area contributed by atoms with Crippen molar-refractivity contribution in [2.45, 2.75) is 13.0 Å². The maximum atomic E-state index is 13.1. The van der Waals surface area contributed by atoms with Gasteiger partial charge in [0.05, 0.1) is 33.4 Å². The number of aromatic amines is 1. The fourth-order valence-electron chi connectivity index (χ4n) is 3.65. The van der Waals surface area contributed by atoms with E-state index in [1.165, 1.54) is 0 Å². The molecule has 0 aliphatic rings. The quantitative estimate of drug-likeness (QED) is 0.286. The third-order valence-electron chi connectivity index (χ3n) is 5.20. The second-order valence-corrected chi connectivity index (χ2v) is 8.73. The van der Waals surface area contributed by atoms with Gasteiger partial charge in [-0.05, 0) is 42.6 Å². The molecule has 1 atom stereocenters. The monoisotopic (exact) mass is 474 g/mol. The van der Waals surface area contributed by atoms with Crippen LogP contribution in [-0.4, -0.2) is 21.1 Å². The van der Waals surface area contributed by atoms with E-state index in [4.69, 9.17) is 16.3 Å². The number of ether oxygens (including phenoxy) is 1. The number of thiophene rings is 1. The van der Waals surface area contributed by atoms with E-state index in [-0.39, 0.29) is 5.91 Å². The first kappa shape index (κ1) is 21.2. The molecule has 33 heavy (non-hydrogen) atoms. The lowest BCUT2D eigenvalue weighted by Gasteiger charge is -2.18. The fraction of sp³-hybridized carbons (Fsp3) is 0.0800. The standard InChI is InChI=1S/C25H19ClN4O2S/c1-15(22-23(29-30-24(22)26)21-11-6-12-33-21)32-20-10-5-3-8-18(20)25(31)28-17-13-16-7-2-4-9-19(16)27-14-17/h2-15H,1H3,(H,28,31)(H,29,30). The van der Waals surface area contributed by atoms with Crippen molar-refractivity contribution in [1.82, 2.24) is 15.2 Å². The molecule has 2 N–H and O–H groups in total. The Morgan fingerprint density at radius 2 is 1.94 bits per heavy atom. The number of halogens is 1. The molecule has 0 spiro atoms. The minimum atomic E-state index is -0.440. The Morgan fingerprint density at radius 3 is 2.79 bits per heavy atom. The van der Waals surface area contributed by atoms with Crippen molar-refractivity contribution < 1.29 is 9.53 Å². The average molecular weight is 475 g/mol. The summed E-state index contributed by atoms with van der Waals surface area (Å²) in [4.78, 5) is 18.5. The molecular weight excluding hydrogens is 456 g/mol. The first-order chi connectivity index (χ1) is 16.1. The van der Waals surface area contributed by atoms with E-state index in [9.17, 15) is 4.79 Å². The first-order valence-corrected chi connectivity index (χ1v) is 11.6. The highest BCUT2D eigenvalue weighted by Crippen LogP contribution is 2.36.